The number of methoxy groups -OCH3 is 1. The van der Waals surface area contributed by atoms with Gasteiger partial charge in [0.15, 0.2) is 18.1 Å². The molecular formula is C28H26IN3O4. The third-order valence-electron chi connectivity index (χ3n) is 5.46. The van der Waals surface area contributed by atoms with Crippen molar-refractivity contribution < 1.29 is 19.1 Å². The molecule has 0 aliphatic rings. The van der Waals surface area contributed by atoms with E-state index in [1.807, 2.05) is 63.2 Å². The fourth-order valence-corrected chi connectivity index (χ4v) is 4.11. The minimum absolute atomic E-state index is 0.0556. The summed E-state index contributed by atoms with van der Waals surface area (Å²) in [5.41, 5.74) is 4.94. The molecule has 3 rings (SSSR count). The highest BCUT2D eigenvalue weighted by Gasteiger charge is 2.16. The van der Waals surface area contributed by atoms with Gasteiger partial charge in [0.1, 0.15) is 11.6 Å². The van der Waals surface area contributed by atoms with E-state index in [4.69, 9.17) is 9.47 Å². The van der Waals surface area contributed by atoms with E-state index in [2.05, 4.69) is 33.2 Å². The first-order valence-corrected chi connectivity index (χ1v) is 12.2. The maximum absolute atomic E-state index is 12.8. The summed E-state index contributed by atoms with van der Waals surface area (Å²) in [5.74, 6) is -0.0417. The number of halogens is 1. The van der Waals surface area contributed by atoms with Gasteiger partial charge in [-0.05, 0) is 96.5 Å². The zero-order valence-electron chi connectivity index (χ0n) is 20.4. The van der Waals surface area contributed by atoms with Gasteiger partial charge in [-0.3, -0.25) is 9.59 Å². The Morgan fingerprint density at radius 2 is 1.78 bits per heavy atom. The van der Waals surface area contributed by atoms with Crippen molar-refractivity contribution in [2.24, 2.45) is 0 Å². The number of carbonyl (C=O) groups excluding carboxylic acids is 2. The highest BCUT2D eigenvalue weighted by atomic mass is 127. The Labute approximate surface area is 224 Å². The fraction of sp³-hybridized carbons (Fsp3) is 0.179. The van der Waals surface area contributed by atoms with E-state index in [9.17, 15) is 14.9 Å². The van der Waals surface area contributed by atoms with Crippen molar-refractivity contribution in [1.82, 2.24) is 0 Å². The second-order valence-corrected chi connectivity index (χ2v) is 9.27. The fourth-order valence-electron chi connectivity index (χ4n) is 3.33. The zero-order chi connectivity index (χ0) is 26.2. The molecule has 3 aromatic carbocycles. The number of nitriles is 1. The van der Waals surface area contributed by atoms with E-state index in [-0.39, 0.29) is 18.1 Å². The summed E-state index contributed by atoms with van der Waals surface area (Å²) >= 11 is 2.06. The number of nitrogens with one attached hydrogen (secondary N) is 2. The van der Waals surface area contributed by atoms with Gasteiger partial charge in [-0.25, -0.2) is 0 Å². The van der Waals surface area contributed by atoms with Gasteiger partial charge >= 0.3 is 0 Å². The predicted molar refractivity (Wildman–Crippen MR) is 149 cm³/mol. The smallest absolute Gasteiger partial charge is 0.266 e. The van der Waals surface area contributed by atoms with Crippen LogP contribution in [0.15, 0.2) is 60.2 Å². The summed E-state index contributed by atoms with van der Waals surface area (Å²) < 4.78 is 11.9. The second-order valence-electron chi connectivity index (χ2n) is 8.11. The zero-order valence-corrected chi connectivity index (χ0v) is 22.6. The molecule has 0 atom stereocenters. The maximum atomic E-state index is 12.8. The van der Waals surface area contributed by atoms with Gasteiger partial charge in [-0.15, -0.1) is 0 Å². The summed E-state index contributed by atoms with van der Waals surface area (Å²) in [5, 5.41) is 15.2. The highest BCUT2D eigenvalue weighted by molar-refractivity contribution is 14.1. The Balaban J connectivity index is 1.75. The lowest BCUT2D eigenvalue weighted by molar-refractivity contribution is -0.118. The maximum Gasteiger partial charge on any atom is 0.266 e. The normalized spacial score (nSPS) is 10.8. The quantitative estimate of drug-likeness (QED) is 0.195. The summed E-state index contributed by atoms with van der Waals surface area (Å²) in [6, 6.07) is 18.4. The van der Waals surface area contributed by atoms with Crippen LogP contribution in [0.2, 0.25) is 0 Å². The summed E-state index contributed by atoms with van der Waals surface area (Å²) in [4.78, 5) is 25.1. The SMILES string of the molecule is COc1cc(/C=C(\C#N)C(=O)Nc2cccc(C)c2C)cc(I)c1OCC(=O)Nc1ccc(C)cc1. The number of nitrogens with zero attached hydrogens (tertiary/aromatic N) is 1. The third-order valence-corrected chi connectivity index (χ3v) is 6.26. The molecular weight excluding hydrogens is 569 g/mol. The predicted octanol–water partition coefficient (Wildman–Crippen LogP) is 5.79. The van der Waals surface area contributed by atoms with Crippen LogP contribution in [0.25, 0.3) is 6.08 Å². The number of hydrogen-bond donors (Lipinski definition) is 2. The first-order chi connectivity index (χ1) is 17.2. The molecule has 0 heterocycles. The molecule has 0 radical (unpaired) electrons. The van der Waals surface area contributed by atoms with Crippen LogP contribution in [-0.4, -0.2) is 25.5 Å². The van der Waals surface area contributed by atoms with Crippen molar-refractivity contribution in [3.63, 3.8) is 0 Å². The van der Waals surface area contributed by atoms with Gasteiger partial charge in [0.05, 0.1) is 10.7 Å². The van der Waals surface area contributed by atoms with Crippen LogP contribution in [0, 0.1) is 35.7 Å². The van der Waals surface area contributed by atoms with Crippen molar-refractivity contribution in [3.8, 4) is 17.6 Å². The summed E-state index contributed by atoms with van der Waals surface area (Å²) in [7, 11) is 1.48. The molecule has 0 aliphatic heterocycles. The molecule has 36 heavy (non-hydrogen) atoms. The Morgan fingerprint density at radius 3 is 2.44 bits per heavy atom. The van der Waals surface area contributed by atoms with Crippen molar-refractivity contribution in [1.29, 1.82) is 5.26 Å². The van der Waals surface area contributed by atoms with Gasteiger partial charge in [-0.1, -0.05) is 29.8 Å². The average Bonchev–Trinajstić information content (AvgIpc) is 2.85. The van der Waals surface area contributed by atoms with E-state index in [1.54, 1.807) is 18.2 Å². The van der Waals surface area contributed by atoms with E-state index in [1.165, 1.54) is 13.2 Å². The molecule has 0 fully saturated rings. The highest BCUT2D eigenvalue weighted by Crippen LogP contribution is 2.34. The minimum atomic E-state index is -0.506. The first kappa shape index (κ1) is 26.8. The Kier molecular flexibility index (Phi) is 9.08. The molecule has 8 heteroatoms. The third kappa shape index (κ3) is 6.86. The Hall–Kier alpha value is -3.84. The molecule has 0 saturated heterocycles. The van der Waals surface area contributed by atoms with Gasteiger partial charge in [0.2, 0.25) is 0 Å². The number of amides is 2. The lowest BCUT2D eigenvalue weighted by Crippen LogP contribution is -2.20. The van der Waals surface area contributed by atoms with E-state index in [0.29, 0.717) is 32.0 Å². The monoisotopic (exact) mass is 595 g/mol. The average molecular weight is 595 g/mol. The molecule has 0 bridgehead atoms. The molecule has 0 saturated carbocycles. The van der Waals surface area contributed by atoms with Gasteiger partial charge in [0.25, 0.3) is 11.8 Å². The van der Waals surface area contributed by atoms with Crippen LogP contribution in [0.5, 0.6) is 11.5 Å². The molecule has 2 amide bonds. The van der Waals surface area contributed by atoms with Gasteiger partial charge < -0.3 is 20.1 Å². The number of ether oxygens (including phenoxy) is 2. The topological polar surface area (TPSA) is 100 Å². The van der Waals surface area contributed by atoms with Crippen molar-refractivity contribution in [3.05, 3.63) is 86.0 Å². The molecule has 0 aromatic heterocycles. The van der Waals surface area contributed by atoms with Crippen LogP contribution >= 0.6 is 22.6 Å². The van der Waals surface area contributed by atoms with Crippen LogP contribution < -0.4 is 20.1 Å². The van der Waals surface area contributed by atoms with Crippen LogP contribution in [0.3, 0.4) is 0 Å². The van der Waals surface area contributed by atoms with Crippen molar-refractivity contribution in [2.45, 2.75) is 20.8 Å². The van der Waals surface area contributed by atoms with Crippen LogP contribution in [0.1, 0.15) is 22.3 Å². The first-order valence-electron chi connectivity index (χ1n) is 11.1. The van der Waals surface area contributed by atoms with Crippen LogP contribution in [0.4, 0.5) is 11.4 Å². The second kappa shape index (κ2) is 12.2. The van der Waals surface area contributed by atoms with Gasteiger partial charge in [0, 0.05) is 11.4 Å². The minimum Gasteiger partial charge on any atom is -0.493 e. The Bertz CT molecular complexity index is 1360. The van der Waals surface area contributed by atoms with Crippen LogP contribution in [-0.2, 0) is 9.59 Å². The van der Waals surface area contributed by atoms with E-state index < -0.39 is 5.91 Å². The molecule has 0 aliphatic carbocycles. The van der Waals surface area contributed by atoms with Crippen molar-refractivity contribution in [2.75, 3.05) is 24.4 Å². The van der Waals surface area contributed by atoms with Gasteiger partial charge in [-0.2, -0.15) is 5.26 Å². The molecule has 184 valence electrons. The molecule has 0 unspecified atom stereocenters. The molecule has 7 nitrogen and oxygen atoms in total. The summed E-state index contributed by atoms with van der Waals surface area (Å²) in [6.07, 6.45) is 1.49. The molecule has 0 spiro atoms. The largest absolute Gasteiger partial charge is 0.493 e. The number of carbonyl (C=O) groups is 2. The standard InChI is InChI=1S/C28H26IN3O4/c1-17-8-10-22(11-9-17)31-26(33)16-36-27-23(29)13-20(14-25(27)35-4)12-21(15-30)28(34)32-24-7-5-6-18(2)19(24)3/h5-14H,16H2,1-4H3,(H,31,33)(H,32,34)/b21-12+. The lowest BCUT2D eigenvalue weighted by atomic mass is 10.1. The number of anilines is 2. The van der Waals surface area contributed by atoms with E-state index >= 15 is 0 Å². The Morgan fingerprint density at radius 1 is 1.06 bits per heavy atom. The number of benzene rings is 3. The molecule has 2 N–H and O–H groups in total. The lowest BCUT2D eigenvalue weighted by Gasteiger charge is -2.14. The molecule has 3 aromatic rings. The van der Waals surface area contributed by atoms with E-state index in [0.717, 1.165) is 16.7 Å². The number of hydrogen-bond acceptors (Lipinski definition) is 5. The van der Waals surface area contributed by atoms with Crippen molar-refractivity contribution >= 4 is 51.9 Å². The number of rotatable bonds is 8. The number of aryl methyl sites for hydroxylation is 2. The summed E-state index contributed by atoms with van der Waals surface area (Å²) in [6.45, 7) is 5.62.